The van der Waals surface area contributed by atoms with Crippen molar-refractivity contribution in [2.24, 2.45) is 0 Å². The predicted molar refractivity (Wildman–Crippen MR) is 83.2 cm³/mol. The lowest BCUT2D eigenvalue weighted by molar-refractivity contribution is -0.384. The van der Waals surface area contributed by atoms with Gasteiger partial charge in [-0.25, -0.2) is 0 Å². The zero-order valence-electron chi connectivity index (χ0n) is 13.5. The number of non-ortho nitro benzene ring substituents is 1. The molecule has 1 N–H and O–H groups in total. The molecule has 0 unspecified atom stereocenters. The topological polar surface area (TPSA) is 86.9 Å². The molecule has 25 heavy (non-hydrogen) atoms. The largest absolute Gasteiger partial charge is 0.417 e. The molecule has 0 radical (unpaired) electrons. The first-order chi connectivity index (χ1) is 11.5. The van der Waals surface area contributed by atoms with E-state index in [4.69, 9.17) is 0 Å². The van der Waals surface area contributed by atoms with Gasteiger partial charge in [-0.05, 0) is 19.1 Å². The first kappa shape index (κ1) is 19.0. The number of halogens is 3. The molecule has 0 saturated carbocycles. The van der Waals surface area contributed by atoms with Crippen molar-refractivity contribution in [2.75, 3.05) is 31.1 Å². The van der Waals surface area contributed by atoms with Crippen molar-refractivity contribution in [3.63, 3.8) is 0 Å². The van der Waals surface area contributed by atoms with Crippen molar-refractivity contribution in [3.05, 3.63) is 34.4 Å². The molecule has 1 fully saturated rings. The summed E-state index contributed by atoms with van der Waals surface area (Å²) in [5.41, 5.74) is -2.36. The maximum Gasteiger partial charge on any atom is 0.417 e. The maximum absolute atomic E-state index is 12.7. The number of aliphatic hydroxyl groups is 1. The SMILES string of the molecule is C[C@](O)(CC(=O)N1CCN(c2ccc([N+](=O)[O-])cc2)CC1)C(F)(F)F. The van der Waals surface area contributed by atoms with Gasteiger partial charge in [0.15, 0.2) is 5.60 Å². The maximum atomic E-state index is 12.7. The Morgan fingerprint density at radius 2 is 1.72 bits per heavy atom. The number of nitro benzene ring substituents is 1. The van der Waals surface area contributed by atoms with Gasteiger partial charge in [0.1, 0.15) is 0 Å². The fourth-order valence-electron chi connectivity index (χ4n) is 2.51. The van der Waals surface area contributed by atoms with Crippen molar-refractivity contribution >= 4 is 17.3 Å². The lowest BCUT2D eigenvalue weighted by atomic mass is 10.0. The lowest BCUT2D eigenvalue weighted by Gasteiger charge is -2.37. The standard InChI is InChI=1S/C15H18F3N3O4/c1-14(23,15(16,17)18)10-13(22)20-8-6-19(7-9-20)11-2-4-12(5-3-11)21(24)25/h2-5,23H,6-10H2,1H3/t14-/m0/s1. The second kappa shape index (κ2) is 6.87. The van der Waals surface area contributed by atoms with E-state index in [1.54, 1.807) is 12.1 Å². The Bertz CT molecular complexity index is 638. The van der Waals surface area contributed by atoms with Crippen molar-refractivity contribution in [1.29, 1.82) is 0 Å². The fourth-order valence-corrected chi connectivity index (χ4v) is 2.51. The van der Waals surface area contributed by atoms with Crippen LogP contribution in [0.2, 0.25) is 0 Å². The molecule has 0 aromatic heterocycles. The summed E-state index contributed by atoms with van der Waals surface area (Å²) in [4.78, 5) is 25.3. The summed E-state index contributed by atoms with van der Waals surface area (Å²) in [6, 6.07) is 5.91. The number of alkyl halides is 3. The van der Waals surface area contributed by atoms with E-state index in [-0.39, 0.29) is 18.8 Å². The van der Waals surface area contributed by atoms with Crippen LogP contribution in [0.3, 0.4) is 0 Å². The van der Waals surface area contributed by atoms with E-state index >= 15 is 0 Å². The highest BCUT2D eigenvalue weighted by Gasteiger charge is 2.51. The van der Waals surface area contributed by atoms with E-state index < -0.39 is 29.0 Å². The average molecular weight is 361 g/mol. The van der Waals surface area contributed by atoms with Crippen LogP contribution >= 0.6 is 0 Å². The minimum atomic E-state index is -4.87. The van der Waals surface area contributed by atoms with Crippen LogP contribution in [0.25, 0.3) is 0 Å². The van der Waals surface area contributed by atoms with Crippen molar-refractivity contribution in [3.8, 4) is 0 Å². The molecule has 1 aromatic carbocycles. The molecule has 10 heteroatoms. The Morgan fingerprint density at radius 1 is 1.20 bits per heavy atom. The summed E-state index contributed by atoms with van der Waals surface area (Å²) in [6.45, 7) is 1.78. The van der Waals surface area contributed by atoms with Crippen LogP contribution in [0.5, 0.6) is 0 Å². The molecular weight excluding hydrogens is 343 g/mol. The van der Waals surface area contributed by atoms with E-state index in [1.165, 1.54) is 17.0 Å². The highest BCUT2D eigenvalue weighted by molar-refractivity contribution is 5.77. The molecule has 1 aliphatic heterocycles. The third kappa shape index (κ3) is 4.38. The van der Waals surface area contributed by atoms with Crippen LogP contribution in [-0.2, 0) is 4.79 Å². The summed E-state index contributed by atoms with van der Waals surface area (Å²) >= 11 is 0. The Hall–Kier alpha value is -2.36. The summed E-state index contributed by atoms with van der Waals surface area (Å²) in [6.07, 6.45) is -5.89. The van der Waals surface area contributed by atoms with Gasteiger partial charge in [0.25, 0.3) is 5.69 Å². The summed E-state index contributed by atoms with van der Waals surface area (Å²) in [5, 5.41) is 20.1. The number of hydrogen-bond donors (Lipinski definition) is 1. The number of carbonyl (C=O) groups is 1. The Kier molecular flexibility index (Phi) is 5.21. The second-order valence-corrected chi connectivity index (χ2v) is 6.09. The minimum absolute atomic E-state index is 0.0352. The quantitative estimate of drug-likeness (QED) is 0.654. The summed E-state index contributed by atoms with van der Waals surface area (Å²) in [5.74, 6) is -0.759. The molecule has 0 aliphatic carbocycles. The number of rotatable bonds is 4. The molecule has 1 atom stereocenters. The zero-order chi connectivity index (χ0) is 18.8. The van der Waals surface area contributed by atoms with E-state index in [0.717, 1.165) is 5.69 Å². The predicted octanol–water partition coefficient (Wildman–Crippen LogP) is 1.95. The number of piperazine rings is 1. The first-order valence-corrected chi connectivity index (χ1v) is 7.57. The summed E-state index contributed by atoms with van der Waals surface area (Å²) in [7, 11) is 0. The normalized spacial score (nSPS) is 18.0. The van der Waals surface area contributed by atoms with E-state index in [0.29, 0.717) is 20.0 Å². The molecule has 1 saturated heterocycles. The molecule has 0 bridgehead atoms. The van der Waals surface area contributed by atoms with E-state index in [9.17, 15) is 33.2 Å². The van der Waals surface area contributed by atoms with Crippen molar-refractivity contribution in [1.82, 2.24) is 4.90 Å². The van der Waals surface area contributed by atoms with Crippen LogP contribution in [0.1, 0.15) is 13.3 Å². The molecule has 1 aliphatic rings. The molecule has 1 amide bonds. The van der Waals surface area contributed by atoms with Crippen LogP contribution in [0.15, 0.2) is 24.3 Å². The monoisotopic (exact) mass is 361 g/mol. The third-order valence-corrected chi connectivity index (χ3v) is 4.16. The zero-order valence-corrected chi connectivity index (χ0v) is 13.5. The third-order valence-electron chi connectivity index (χ3n) is 4.16. The minimum Gasteiger partial charge on any atom is -0.380 e. The number of benzene rings is 1. The van der Waals surface area contributed by atoms with Gasteiger partial charge < -0.3 is 14.9 Å². The fraction of sp³-hybridized carbons (Fsp3) is 0.533. The highest BCUT2D eigenvalue weighted by atomic mass is 19.4. The Labute approximate surface area is 141 Å². The molecule has 1 aromatic rings. The van der Waals surface area contributed by atoms with Crippen molar-refractivity contribution < 1.29 is 28.0 Å². The molecule has 7 nitrogen and oxygen atoms in total. The van der Waals surface area contributed by atoms with Gasteiger partial charge in [-0.15, -0.1) is 0 Å². The molecule has 0 spiro atoms. The Morgan fingerprint density at radius 3 is 2.16 bits per heavy atom. The molecule has 2 rings (SSSR count). The number of amides is 1. The number of hydrogen-bond acceptors (Lipinski definition) is 5. The van der Waals surface area contributed by atoms with Crippen LogP contribution in [0, 0.1) is 10.1 Å². The van der Waals surface area contributed by atoms with Crippen LogP contribution in [0.4, 0.5) is 24.5 Å². The van der Waals surface area contributed by atoms with Gasteiger partial charge in [0, 0.05) is 44.0 Å². The smallest absolute Gasteiger partial charge is 0.380 e. The van der Waals surface area contributed by atoms with Gasteiger partial charge in [-0.1, -0.05) is 0 Å². The van der Waals surface area contributed by atoms with Gasteiger partial charge in [-0.3, -0.25) is 14.9 Å². The van der Waals surface area contributed by atoms with Crippen LogP contribution < -0.4 is 4.90 Å². The van der Waals surface area contributed by atoms with Crippen molar-refractivity contribution in [2.45, 2.75) is 25.1 Å². The van der Waals surface area contributed by atoms with E-state index in [1.807, 2.05) is 4.90 Å². The second-order valence-electron chi connectivity index (χ2n) is 6.09. The number of nitrogens with zero attached hydrogens (tertiary/aromatic N) is 3. The number of carbonyl (C=O) groups excluding carboxylic acids is 1. The summed E-state index contributed by atoms with van der Waals surface area (Å²) < 4.78 is 38.0. The van der Waals surface area contributed by atoms with Gasteiger partial charge in [0.05, 0.1) is 11.3 Å². The number of anilines is 1. The van der Waals surface area contributed by atoms with Gasteiger partial charge in [0.2, 0.25) is 5.91 Å². The first-order valence-electron chi connectivity index (χ1n) is 7.57. The Balaban J connectivity index is 1.93. The number of nitro groups is 1. The van der Waals surface area contributed by atoms with E-state index in [2.05, 4.69) is 0 Å². The molecular formula is C15H18F3N3O4. The highest BCUT2D eigenvalue weighted by Crippen LogP contribution is 2.33. The lowest BCUT2D eigenvalue weighted by Crippen LogP contribution is -2.52. The molecule has 1 heterocycles. The average Bonchev–Trinajstić information content (AvgIpc) is 2.53. The molecule has 138 valence electrons. The van der Waals surface area contributed by atoms with Gasteiger partial charge in [-0.2, -0.15) is 13.2 Å². The van der Waals surface area contributed by atoms with Gasteiger partial charge >= 0.3 is 6.18 Å². The van der Waals surface area contributed by atoms with Crippen LogP contribution in [-0.4, -0.2) is 58.8 Å².